The van der Waals surface area contributed by atoms with Gasteiger partial charge in [0.05, 0.1) is 5.41 Å². The summed E-state index contributed by atoms with van der Waals surface area (Å²) in [6, 6.07) is 0. The fourth-order valence-electron chi connectivity index (χ4n) is 3.00. The fraction of sp³-hybridized carbons (Fsp3) is 0.583. The number of carboxylic acid groups (broad SMARTS) is 1. The van der Waals surface area contributed by atoms with Crippen LogP contribution < -0.4 is 0 Å². The highest BCUT2D eigenvalue weighted by atomic mass is 16.4. The Morgan fingerprint density at radius 2 is 2.00 bits per heavy atom. The van der Waals surface area contributed by atoms with Gasteiger partial charge >= 0.3 is 5.97 Å². The van der Waals surface area contributed by atoms with Crippen molar-refractivity contribution >= 4 is 17.5 Å². The van der Waals surface area contributed by atoms with Crippen LogP contribution in [0.2, 0.25) is 0 Å². The van der Waals surface area contributed by atoms with Crippen molar-refractivity contribution < 1.29 is 19.5 Å². The Hall–Kier alpha value is -1.45. The van der Waals surface area contributed by atoms with Crippen LogP contribution in [0.15, 0.2) is 11.1 Å². The summed E-state index contributed by atoms with van der Waals surface area (Å²) in [6.07, 6.45) is 2.11. The van der Waals surface area contributed by atoms with E-state index in [1.54, 1.807) is 0 Å². The lowest BCUT2D eigenvalue weighted by Crippen LogP contribution is -2.34. The van der Waals surface area contributed by atoms with Crippen molar-refractivity contribution in [3.63, 3.8) is 0 Å². The highest BCUT2D eigenvalue weighted by molar-refractivity contribution is 6.19. The topological polar surface area (TPSA) is 71.4 Å². The van der Waals surface area contributed by atoms with E-state index in [0.717, 1.165) is 0 Å². The molecule has 0 radical (unpaired) electrons. The second-order valence-corrected chi connectivity index (χ2v) is 4.44. The van der Waals surface area contributed by atoms with E-state index in [0.29, 0.717) is 31.3 Å². The molecular weight excluding hydrogens is 208 g/mol. The lowest BCUT2D eigenvalue weighted by molar-refractivity contribution is -0.135. The van der Waals surface area contributed by atoms with E-state index in [4.69, 9.17) is 5.11 Å². The molecule has 2 aliphatic carbocycles. The van der Waals surface area contributed by atoms with Gasteiger partial charge in [-0.05, 0) is 24.8 Å². The summed E-state index contributed by atoms with van der Waals surface area (Å²) in [5.74, 6) is -1.38. The maximum absolute atomic E-state index is 11.9. The van der Waals surface area contributed by atoms with Gasteiger partial charge in [-0.3, -0.25) is 9.59 Å². The first-order valence-electron chi connectivity index (χ1n) is 5.56. The van der Waals surface area contributed by atoms with Crippen molar-refractivity contribution in [1.82, 2.24) is 0 Å². The van der Waals surface area contributed by atoms with Crippen LogP contribution in [0.5, 0.6) is 0 Å². The first kappa shape index (κ1) is 11.0. The SMILES string of the molecule is CCC12CCC(=O)C(C(=O)O)=C1CCC2=O. The fourth-order valence-corrected chi connectivity index (χ4v) is 3.00. The summed E-state index contributed by atoms with van der Waals surface area (Å²) in [5.41, 5.74) is -0.163. The van der Waals surface area contributed by atoms with E-state index < -0.39 is 11.4 Å². The number of fused-ring (bicyclic) bond motifs is 1. The van der Waals surface area contributed by atoms with E-state index in [1.807, 2.05) is 6.92 Å². The smallest absolute Gasteiger partial charge is 0.339 e. The molecule has 1 atom stereocenters. The van der Waals surface area contributed by atoms with Crippen molar-refractivity contribution in [2.75, 3.05) is 0 Å². The normalized spacial score (nSPS) is 29.6. The number of allylic oxidation sites excluding steroid dienone is 1. The Labute approximate surface area is 93.3 Å². The lowest BCUT2D eigenvalue weighted by Gasteiger charge is -2.32. The van der Waals surface area contributed by atoms with Crippen LogP contribution >= 0.6 is 0 Å². The number of Topliss-reactive ketones (excluding diaryl/α,β-unsaturated/α-hetero) is 2. The Morgan fingerprint density at radius 3 is 2.56 bits per heavy atom. The van der Waals surface area contributed by atoms with Gasteiger partial charge in [0, 0.05) is 12.8 Å². The standard InChI is InChI=1S/C12H14O4/c1-2-12-6-5-8(13)10(11(15)16)7(12)3-4-9(12)14/h2-6H2,1H3,(H,15,16). The second-order valence-electron chi connectivity index (χ2n) is 4.44. The minimum atomic E-state index is -1.17. The second kappa shape index (κ2) is 3.54. The van der Waals surface area contributed by atoms with Gasteiger partial charge in [-0.1, -0.05) is 6.92 Å². The molecule has 2 aliphatic rings. The Bertz CT molecular complexity index is 419. The van der Waals surface area contributed by atoms with E-state index in [1.165, 1.54) is 0 Å². The Balaban J connectivity index is 2.62. The quantitative estimate of drug-likeness (QED) is 0.718. The molecule has 0 amide bonds. The predicted molar refractivity (Wildman–Crippen MR) is 55.9 cm³/mol. The van der Waals surface area contributed by atoms with Crippen LogP contribution in [0, 0.1) is 5.41 Å². The molecule has 86 valence electrons. The van der Waals surface area contributed by atoms with Gasteiger partial charge < -0.3 is 5.11 Å². The minimum Gasteiger partial charge on any atom is -0.478 e. The van der Waals surface area contributed by atoms with E-state index >= 15 is 0 Å². The molecule has 1 N–H and O–H groups in total. The molecule has 0 spiro atoms. The molecular formula is C12H14O4. The maximum atomic E-state index is 11.9. The van der Waals surface area contributed by atoms with Gasteiger partial charge in [0.25, 0.3) is 0 Å². The van der Waals surface area contributed by atoms with Crippen LogP contribution in [0.25, 0.3) is 0 Å². The summed E-state index contributed by atoms with van der Waals surface area (Å²) < 4.78 is 0. The monoisotopic (exact) mass is 222 g/mol. The van der Waals surface area contributed by atoms with E-state index in [-0.39, 0.29) is 23.6 Å². The molecule has 1 fully saturated rings. The summed E-state index contributed by atoms with van der Waals surface area (Å²) in [6.45, 7) is 1.89. The molecule has 0 heterocycles. The molecule has 4 nitrogen and oxygen atoms in total. The average Bonchev–Trinajstić information content (AvgIpc) is 2.56. The first-order chi connectivity index (χ1) is 7.53. The van der Waals surface area contributed by atoms with Crippen LogP contribution in [0.3, 0.4) is 0 Å². The number of carbonyl (C=O) groups is 3. The zero-order valence-corrected chi connectivity index (χ0v) is 9.21. The molecule has 0 aromatic carbocycles. The number of hydrogen-bond acceptors (Lipinski definition) is 3. The molecule has 0 saturated heterocycles. The summed E-state index contributed by atoms with van der Waals surface area (Å²) in [5, 5.41) is 9.06. The summed E-state index contributed by atoms with van der Waals surface area (Å²) >= 11 is 0. The molecule has 2 rings (SSSR count). The number of aliphatic carboxylic acids is 1. The molecule has 0 aliphatic heterocycles. The molecule has 1 unspecified atom stereocenters. The van der Waals surface area contributed by atoms with Crippen molar-refractivity contribution in [2.45, 2.75) is 39.0 Å². The number of rotatable bonds is 2. The lowest BCUT2D eigenvalue weighted by atomic mass is 9.69. The largest absolute Gasteiger partial charge is 0.478 e. The number of ketones is 2. The molecule has 0 aromatic heterocycles. The van der Waals surface area contributed by atoms with E-state index in [9.17, 15) is 14.4 Å². The van der Waals surface area contributed by atoms with Crippen LogP contribution in [-0.2, 0) is 14.4 Å². The van der Waals surface area contributed by atoms with Gasteiger partial charge in [0.2, 0.25) is 0 Å². The van der Waals surface area contributed by atoms with E-state index in [2.05, 4.69) is 0 Å². The molecule has 0 bridgehead atoms. The van der Waals surface area contributed by atoms with Gasteiger partial charge in [-0.15, -0.1) is 0 Å². The molecule has 4 heteroatoms. The zero-order chi connectivity index (χ0) is 11.9. The Kier molecular flexibility index (Phi) is 2.45. The summed E-state index contributed by atoms with van der Waals surface area (Å²) in [4.78, 5) is 34.6. The first-order valence-corrected chi connectivity index (χ1v) is 5.56. The minimum absolute atomic E-state index is 0.108. The van der Waals surface area contributed by atoms with Crippen LogP contribution in [0.1, 0.15) is 39.0 Å². The molecule has 0 aromatic rings. The average molecular weight is 222 g/mol. The summed E-state index contributed by atoms with van der Waals surface area (Å²) in [7, 11) is 0. The van der Waals surface area contributed by atoms with Crippen molar-refractivity contribution in [2.24, 2.45) is 5.41 Å². The van der Waals surface area contributed by atoms with Crippen molar-refractivity contribution in [3.05, 3.63) is 11.1 Å². The van der Waals surface area contributed by atoms with Gasteiger partial charge in [-0.25, -0.2) is 4.79 Å². The highest BCUT2D eigenvalue weighted by Gasteiger charge is 2.50. The molecule has 16 heavy (non-hydrogen) atoms. The maximum Gasteiger partial charge on any atom is 0.339 e. The third-order valence-corrected chi connectivity index (χ3v) is 3.89. The Morgan fingerprint density at radius 1 is 1.31 bits per heavy atom. The van der Waals surface area contributed by atoms with Gasteiger partial charge in [0.1, 0.15) is 11.4 Å². The van der Waals surface area contributed by atoms with Crippen LogP contribution in [-0.4, -0.2) is 22.6 Å². The number of hydrogen-bond donors (Lipinski definition) is 1. The van der Waals surface area contributed by atoms with Crippen LogP contribution in [0.4, 0.5) is 0 Å². The zero-order valence-electron chi connectivity index (χ0n) is 9.21. The van der Waals surface area contributed by atoms with Gasteiger partial charge in [0.15, 0.2) is 5.78 Å². The van der Waals surface area contributed by atoms with Crippen molar-refractivity contribution in [3.8, 4) is 0 Å². The number of carbonyl (C=O) groups excluding carboxylic acids is 2. The third-order valence-electron chi connectivity index (χ3n) is 3.89. The van der Waals surface area contributed by atoms with Gasteiger partial charge in [-0.2, -0.15) is 0 Å². The highest BCUT2D eigenvalue weighted by Crippen LogP contribution is 2.50. The number of carboxylic acids is 1. The van der Waals surface area contributed by atoms with Crippen molar-refractivity contribution in [1.29, 1.82) is 0 Å². The molecule has 1 saturated carbocycles. The predicted octanol–water partition coefficient (Wildman–Crippen LogP) is 1.49. The third kappa shape index (κ3) is 1.25.